The molecule has 3 aromatic carbocycles. The van der Waals surface area contributed by atoms with Crippen LogP contribution in [0.3, 0.4) is 0 Å². The fraction of sp³-hybridized carbons (Fsp3) is 0.281. The SMILES string of the molecule is CC(C)(CCOC1(C)CC1C(=O)O)Oc1ccc(N2C(=O)C(Sc3ccccc3)=C(Sc3ccccc3)C2=O)cc1. The smallest absolute Gasteiger partial charge is 0.309 e. The van der Waals surface area contributed by atoms with Gasteiger partial charge in [0.2, 0.25) is 0 Å². The summed E-state index contributed by atoms with van der Waals surface area (Å²) in [4.78, 5) is 42.2. The van der Waals surface area contributed by atoms with Gasteiger partial charge >= 0.3 is 5.97 Å². The van der Waals surface area contributed by atoms with Crippen LogP contribution in [0.15, 0.2) is 105 Å². The van der Waals surface area contributed by atoms with Crippen molar-refractivity contribution in [3.8, 4) is 5.75 Å². The average Bonchev–Trinajstić information content (AvgIpc) is 3.58. The van der Waals surface area contributed by atoms with E-state index in [1.807, 2.05) is 81.4 Å². The second-order valence-corrected chi connectivity index (χ2v) is 13.0. The third-order valence-electron chi connectivity index (χ3n) is 7.04. The molecular weight excluding hydrogens is 558 g/mol. The number of carboxylic acids is 1. The molecule has 9 heteroatoms. The predicted octanol–water partition coefficient (Wildman–Crippen LogP) is 6.78. The molecule has 7 nitrogen and oxygen atoms in total. The Morgan fingerprint density at radius 1 is 0.902 bits per heavy atom. The predicted molar refractivity (Wildman–Crippen MR) is 160 cm³/mol. The lowest BCUT2D eigenvalue weighted by molar-refractivity contribution is -0.141. The molecule has 2 amide bonds. The third kappa shape index (κ3) is 6.69. The molecule has 41 heavy (non-hydrogen) atoms. The van der Waals surface area contributed by atoms with E-state index in [9.17, 15) is 19.5 Å². The Labute approximate surface area is 247 Å². The molecule has 2 unspecified atom stereocenters. The molecule has 0 radical (unpaired) electrons. The van der Waals surface area contributed by atoms with E-state index in [0.717, 1.165) is 9.79 Å². The van der Waals surface area contributed by atoms with Gasteiger partial charge in [-0.05, 0) is 75.7 Å². The second-order valence-electron chi connectivity index (χ2n) is 10.8. The van der Waals surface area contributed by atoms with E-state index in [1.165, 1.54) is 28.4 Å². The van der Waals surface area contributed by atoms with Crippen molar-refractivity contribution in [2.24, 2.45) is 5.92 Å². The summed E-state index contributed by atoms with van der Waals surface area (Å²) in [5.74, 6) is -1.42. The topological polar surface area (TPSA) is 93.1 Å². The largest absolute Gasteiger partial charge is 0.488 e. The first-order valence-corrected chi connectivity index (χ1v) is 14.9. The highest BCUT2D eigenvalue weighted by molar-refractivity contribution is 8.08. The van der Waals surface area contributed by atoms with Crippen LogP contribution in [0.5, 0.6) is 5.75 Å². The van der Waals surface area contributed by atoms with Crippen molar-refractivity contribution < 1.29 is 29.0 Å². The second kappa shape index (κ2) is 11.8. The van der Waals surface area contributed by atoms with E-state index in [-0.39, 0.29) is 11.8 Å². The summed E-state index contributed by atoms with van der Waals surface area (Å²) in [6.45, 7) is 6.07. The molecule has 0 saturated heterocycles. The summed E-state index contributed by atoms with van der Waals surface area (Å²) in [6.07, 6.45) is 1.08. The number of carbonyl (C=O) groups is 3. The molecule has 1 saturated carbocycles. The highest BCUT2D eigenvalue weighted by Gasteiger charge is 2.56. The molecule has 1 N–H and O–H groups in total. The standard InChI is InChI=1S/C32H31NO6S2/c1-31(2,18-19-38-32(3)20-25(32)30(36)37)39-22-16-14-21(15-17-22)33-28(34)26(40-23-10-6-4-7-11-23)27(29(33)35)41-24-12-8-5-9-13-24/h4-17,25H,18-20H2,1-3H3,(H,36,37). The van der Waals surface area contributed by atoms with E-state index in [4.69, 9.17) is 9.47 Å². The van der Waals surface area contributed by atoms with Crippen molar-refractivity contribution in [3.63, 3.8) is 0 Å². The average molecular weight is 590 g/mol. The van der Waals surface area contributed by atoms with Crippen LogP contribution in [-0.2, 0) is 19.1 Å². The number of nitrogens with zero attached hydrogens (tertiary/aromatic N) is 1. The van der Waals surface area contributed by atoms with Crippen LogP contribution < -0.4 is 9.64 Å². The van der Waals surface area contributed by atoms with Crippen LogP contribution in [0.1, 0.15) is 33.6 Å². The Kier molecular flexibility index (Phi) is 8.31. The molecule has 0 spiro atoms. The van der Waals surface area contributed by atoms with Gasteiger partial charge in [-0.1, -0.05) is 59.9 Å². The van der Waals surface area contributed by atoms with Crippen molar-refractivity contribution in [2.75, 3.05) is 11.5 Å². The third-order valence-corrected chi connectivity index (χ3v) is 9.35. The van der Waals surface area contributed by atoms with E-state index < -0.39 is 23.1 Å². The molecule has 1 heterocycles. The Morgan fingerprint density at radius 3 is 1.88 bits per heavy atom. The number of hydrogen-bond donors (Lipinski definition) is 1. The van der Waals surface area contributed by atoms with Gasteiger partial charge in [-0.3, -0.25) is 14.4 Å². The van der Waals surface area contributed by atoms with Gasteiger partial charge in [0.25, 0.3) is 11.8 Å². The molecule has 212 valence electrons. The Balaban J connectivity index is 1.27. The number of amides is 2. The molecular formula is C32H31NO6S2. The zero-order chi connectivity index (χ0) is 29.2. The fourth-order valence-corrected chi connectivity index (χ4v) is 6.56. The Hall–Kier alpha value is -3.53. The summed E-state index contributed by atoms with van der Waals surface area (Å²) in [7, 11) is 0. The lowest BCUT2D eigenvalue weighted by atomic mass is 10.1. The minimum Gasteiger partial charge on any atom is -0.488 e. The van der Waals surface area contributed by atoms with Gasteiger partial charge in [0, 0.05) is 16.2 Å². The number of ether oxygens (including phenoxy) is 2. The van der Waals surface area contributed by atoms with E-state index >= 15 is 0 Å². The van der Waals surface area contributed by atoms with Gasteiger partial charge in [0.05, 0.1) is 33.6 Å². The molecule has 1 fully saturated rings. The molecule has 2 aliphatic rings. The highest BCUT2D eigenvalue weighted by Crippen LogP contribution is 2.47. The van der Waals surface area contributed by atoms with Crippen molar-refractivity contribution in [3.05, 3.63) is 94.7 Å². The number of hydrogen-bond acceptors (Lipinski definition) is 7. The van der Waals surface area contributed by atoms with Crippen molar-refractivity contribution in [1.82, 2.24) is 0 Å². The molecule has 5 rings (SSSR count). The number of rotatable bonds is 12. The van der Waals surface area contributed by atoms with Crippen molar-refractivity contribution in [1.29, 1.82) is 0 Å². The first-order chi connectivity index (χ1) is 19.6. The molecule has 1 aliphatic heterocycles. The van der Waals surface area contributed by atoms with Crippen LogP contribution in [0.25, 0.3) is 0 Å². The van der Waals surface area contributed by atoms with Gasteiger partial charge in [0.15, 0.2) is 0 Å². The summed E-state index contributed by atoms with van der Waals surface area (Å²) in [6, 6.07) is 26.0. The van der Waals surface area contributed by atoms with Crippen LogP contribution in [0.2, 0.25) is 0 Å². The van der Waals surface area contributed by atoms with E-state index in [2.05, 4.69) is 0 Å². The van der Waals surface area contributed by atoms with E-state index in [1.54, 1.807) is 24.3 Å². The zero-order valence-electron chi connectivity index (χ0n) is 23.0. The molecule has 3 aromatic rings. The van der Waals surface area contributed by atoms with Gasteiger partial charge in [-0.2, -0.15) is 0 Å². The first-order valence-electron chi connectivity index (χ1n) is 13.3. The molecule has 0 bridgehead atoms. The molecule has 2 atom stereocenters. The molecule has 0 aromatic heterocycles. The summed E-state index contributed by atoms with van der Waals surface area (Å²) in [5, 5.41) is 9.18. The van der Waals surface area contributed by atoms with Crippen LogP contribution in [0, 0.1) is 5.92 Å². The zero-order valence-corrected chi connectivity index (χ0v) is 24.7. The van der Waals surface area contributed by atoms with Gasteiger partial charge in [-0.15, -0.1) is 0 Å². The van der Waals surface area contributed by atoms with Crippen molar-refractivity contribution in [2.45, 2.75) is 54.6 Å². The van der Waals surface area contributed by atoms with Gasteiger partial charge < -0.3 is 14.6 Å². The fourth-order valence-electron chi connectivity index (χ4n) is 4.53. The molecule has 1 aliphatic carbocycles. The summed E-state index contributed by atoms with van der Waals surface area (Å²) in [5.41, 5.74) is -0.725. The normalized spacial score (nSPS) is 20.5. The van der Waals surface area contributed by atoms with Crippen LogP contribution >= 0.6 is 23.5 Å². The monoisotopic (exact) mass is 589 g/mol. The minimum atomic E-state index is -0.829. The maximum atomic E-state index is 13.6. The van der Waals surface area contributed by atoms with Crippen LogP contribution in [-0.4, -0.2) is 40.7 Å². The van der Waals surface area contributed by atoms with Gasteiger partial charge in [0.1, 0.15) is 11.4 Å². The first kappa shape index (κ1) is 29.0. The Morgan fingerprint density at radius 2 is 1.41 bits per heavy atom. The van der Waals surface area contributed by atoms with Crippen LogP contribution in [0.4, 0.5) is 5.69 Å². The number of aliphatic carboxylic acids is 1. The Bertz CT molecular complexity index is 1410. The summed E-state index contributed by atoms with van der Waals surface area (Å²) >= 11 is 2.59. The lowest BCUT2D eigenvalue weighted by Crippen LogP contribution is -2.32. The minimum absolute atomic E-state index is 0.360. The van der Waals surface area contributed by atoms with Gasteiger partial charge in [-0.25, -0.2) is 4.90 Å². The number of carbonyl (C=O) groups excluding carboxylic acids is 2. The highest BCUT2D eigenvalue weighted by atomic mass is 32.2. The maximum absolute atomic E-state index is 13.6. The maximum Gasteiger partial charge on any atom is 0.309 e. The van der Waals surface area contributed by atoms with E-state index in [0.29, 0.717) is 40.7 Å². The number of thioether (sulfide) groups is 2. The number of imide groups is 1. The number of carboxylic acid groups (broad SMARTS) is 1. The van der Waals surface area contributed by atoms with Crippen molar-refractivity contribution >= 4 is 47.0 Å². The lowest BCUT2D eigenvalue weighted by Gasteiger charge is -2.27. The quantitative estimate of drug-likeness (QED) is 0.231. The summed E-state index contributed by atoms with van der Waals surface area (Å²) < 4.78 is 12.0. The number of anilines is 1. The number of benzene rings is 3.